The van der Waals surface area contributed by atoms with Crippen molar-refractivity contribution in [2.45, 2.75) is 31.7 Å². The summed E-state index contributed by atoms with van der Waals surface area (Å²) in [6.07, 6.45) is -4.28. The number of aromatic nitrogens is 2. The Balaban J connectivity index is 1.51. The number of nitrogens with zero attached hydrogens (tertiary/aromatic N) is 2. The molecule has 0 radical (unpaired) electrons. The Hall–Kier alpha value is -3.89. The zero-order chi connectivity index (χ0) is 22.9. The van der Waals surface area contributed by atoms with Crippen LogP contribution >= 0.6 is 0 Å². The molecule has 1 saturated heterocycles. The summed E-state index contributed by atoms with van der Waals surface area (Å²) in [6, 6.07) is 11.9. The van der Waals surface area contributed by atoms with Gasteiger partial charge in [-0.3, -0.25) is 24.4 Å². The van der Waals surface area contributed by atoms with Crippen LogP contribution in [0.3, 0.4) is 0 Å². The molecule has 4 rings (SSSR count). The molecule has 0 spiro atoms. The highest BCUT2D eigenvalue weighted by atomic mass is 19.4. The smallest absolute Gasteiger partial charge is 0.406 e. The third-order valence-electron chi connectivity index (χ3n) is 4.92. The average Bonchev–Trinajstić information content (AvgIpc) is 3.07. The molecule has 3 amide bonds. The topological polar surface area (TPSA) is 102 Å². The van der Waals surface area contributed by atoms with Crippen LogP contribution in [0.5, 0.6) is 5.75 Å². The van der Waals surface area contributed by atoms with E-state index in [4.69, 9.17) is 0 Å². The number of piperidine rings is 1. The number of amides is 3. The minimum atomic E-state index is -4.80. The Labute approximate surface area is 179 Å². The van der Waals surface area contributed by atoms with Gasteiger partial charge in [-0.1, -0.05) is 18.2 Å². The van der Waals surface area contributed by atoms with E-state index in [2.05, 4.69) is 20.5 Å². The Bertz CT molecular complexity index is 1190. The largest absolute Gasteiger partial charge is 0.573 e. The number of hydrogen-bond acceptors (Lipinski definition) is 5. The molecule has 8 nitrogen and oxygen atoms in total. The van der Waals surface area contributed by atoms with E-state index in [0.29, 0.717) is 23.0 Å². The molecule has 1 atom stereocenters. The number of hydrogen-bond donors (Lipinski definition) is 2. The fourth-order valence-corrected chi connectivity index (χ4v) is 3.56. The fraction of sp³-hybridized carbons (Fsp3) is 0.238. The first kappa shape index (κ1) is 21.3. The van der Waals surface area contributed by atoms with Crippen LogP contribution in [0.2, 0.25) is 0 Å². The minimum absolute atomic E-state index is 0.186. The molecule has 2 aromatic carbocycles. The Kier molecular flexibility index (Phi) is 5.56. The van der Waals surface area contributed by atoms with E-state index in [1.807, 2.05) is 0 Å². The molecule has 0 saturated carbocycles. The molecular weight excluding hydrogens is 429 g/mol. The van der Waals surface area contributed by atoms with Crippen LogP contribution in [0.15, 0.2) is 48.5 Å². The summed E-state index contributed by atoms with van der Waals surface area (Å²) >= 11 is 0. The number of fused-ring (bicyclic) bond motifs is 1. The molecule has 1 aromatic heterocycles. The number of nitrogens with one attached hydrogen (secondary N) is 2. The van der Waals surface area contributed by atoms with Crippen LogP contribution in [0.1, 0.15) is 24.5 Å². The average molecular weight is 446 g/mol. The van der Waals surface area contributed by atoms with Crippen molar-refractivity contribution in [2.75, 3.05) is 5.32 Å². The van der Waals surface area contributed by atoms with Gasteiger partial charge in [0.1, 0.15) is 12.3 Å². The van der Waals surface area contributed by atoms with Crippen LogP contribution in [0.25, 0.3) is 10.9 Å². The van der Waals surface area contributed by atoms with Crippen molar-refractivity contribution < 1.29 is 32.3 Å². The third kappa shape index (κ3) is 4.71. The molecule has 11 heteroatoms. The van der Waals surface area contributed by atoms with Gasteiger partial charge < -0.3 is 10.1 Å². The second-order valence-corrected chi connectivity index (χ2v) is 7.18. The van der Waals surface area contributed by atoms with Gasteiger partial charge in [-0.25, -0.2) is 0 Å². The van der Waals surface area contributed by atoms with Crippen LogP contribution in [0.4, 0.5) is 18.9 Å². The Morgan fingerprint density at radius 3 is 2.56 bits per heavy atom. The van der Waals surface area contributed by atoms with Crippen LogP contribution in [-0.2, 0) is 20.9 Å². The highest BCUT2D eigenvalue weighted by Crippen LogP contribution is 2.30. The van der Waals surface area contributed by atoms with Crippen LogP contribution < -0.4 is 15.4 Å². The number of carbonyl (C=O) groups is 3. The Morgan fingerprint density at radius 2 is 1.88 bits per heavy atom. The number of para-hydroxylation sites is 1. The molecule has 1 aliphatic rings. The second kappa shape index (κ2) is 8.33. The number of carbonyl (C=O) groups excluding carboxylic acids is 3. The first-order valence-electron chi connectivity index (χ1n) is 9.64. The van der Waals surface area contributed by atoms with Crippen molar-refractivity contribution in [1.29, 1.82) is 0 Å². The first-order chi connectivity index (χ1) is 15.2. The van der Waals surface area contributed by atoms with E-state index >= 15 is 0 Å². The van der Waals surface area contributed by atoms with Crippen LogP contribution in [-0.4, -0.2) is 33.9 Å². The summed E-state index contributed by atoms with van der Waals surface area (Å²) < 4.78 is 42.0. The monoisotopic (exact) mass is 446 g/mol. The van der Waals surface area contributed by atoms with Gasteiger partial charge in [0.05, 0.1) is 17.1 Å². The summed E-state index contributed by atoms with van der Waals surface area (Å²) in [5.41, 5.74) is 1.40. The van der Waals surface area contributed by atoms with Crippen molar-refractivity contribution in [3.63, 3.8) is 0 Å². The summed E-state index contributed by atoms with van der Waals surface area (Å²) in [7, 11) is 0. The number of ether oxygens (including phenoxy) is 1. The minimum Gasteiger partial charge on any atom is -0.406 e. The molecule has 166 valence electrons. The quantitative estimate of drug-likeness (QED) is 0.587. The van der Waals surface area contributed by atoms with Crippen LogP contribution in [0, 0.1) is 0 Å². The predicted molar refractivity (Wildman–Crippen MR) is 107 cm³/mol. The molecule has 2 heterocycles. The lowest BCUT2D eigenvalue weighted by Crippen LogP contribution is -2.39. The number of alkyl halides is 3. The van der Waals surface area contributed by atoms with Crippen molar-refractivity contribution in [1.82, 2.24) is 15.1 Å². The van der Waals surface area contributed by atoms with Gasteiger partial charge in [-0.05, 0) is 36.8 Å². The SMILES string of the molecule is O=C1CCC(c2nn(CC(=O)Nc3ccc(OC(F)(F)F)cc3)c3ccccc23)C(=O)N1. The van der Waals surface area contributed by atoms with Crippen molar-refractivity contribution in [2.24, 2.45) is 0 Å². The van der Waals surface area contributed by atoms with E-state index < -0.39 is 29.8 Å². The highest BCUT2D eigenvalue weighted by molar-refractivity contribution is 6.02. The number of imide groups is 1. The van der Waals surface area contributed by atoms with Gasteiger partial charge in [0.15, 0.2) is 0 Å². The van der Waals surface area contributed by atoms with E-state index in [9.17, 15) is 27.6 Å². The number of anilines is 1. The molecule has 1 unspecified atom stereocenters. The van der Waals surface area contributed by atoms with E-state index in [1.54, 1.807) is 24.3 Å². The molecule has 2 N–H and O–H groups in total. The third-order valence-corrected chi connectivity index (χ3v) is 4.92. The lowest BCUT2D eigenvalue weighted by molar-refractivity contribution is -0.274. The molecule has 1 aliphatic heterocycles. The van der Waals surface area contributed by atoms with Gasteiger partial charge in [-0.15, -0.1) is 13.2 Å². The molecular formula is C21H17F3N4O4. The van der Waals surface area contributed by atoms with Gasteiger partial charge in [0.2, 0.25) is 17.7 Å². The fourth-order valence-electron chi connectivity index (χ4n) is 3.56. The molecule has 0 bridgehead atoms. The predicted octanol–water partition coefficient (Wildman–Crippen LogP) is 3.09. The zero-order valence-corrected chi connectivity index (χ0v) is 16.5. The molecule has 3 aromatic rings. The number of halogens is 3. The van der Waals surface area contributed by atoms with E-state index in [1.165, 1.54) is 16.8 Å². The van der Waals surface area contributed by atoms with Crippen molar-refractivity contribution >= 4 is 34.3 Å². The lowest BCUT2D eigenvalue weighted by Gasteiger charge is -2.19. The van der Waals surface area contributed by atoms with Gasteiger partial charge >= 0.3 is 6.36 Å². The first-order valence-corrected chi connectivity index (χ1v) is 9.64. The summed E-state index contributed by atoms with van der Waals surface area (Å²) in [4.78, 5) is 36.3. The molecule has 0 aliphatic carbocycles. The number of rotatable bonds is 5. The van der Waals surface area contributed by atoms with Gasteiger partial charge in [0, 0.05) is 17.5 Å². The van der Waals surface area contributed by atoms with E-state index in [-0.39, 0.29) is 24.6 Å². The highest BCUT2D eigenvalue weighted by Gasteiger charge is 2.32. The maximum Gasteiger partial charge on any atom is 0.573 e. The summed E-state index contributed by atoms with van der Waals surface area (Å²) in [5, 5.41) is 10.1. The van der Waals surface area contributed by atoms with Crippen molar-refractivity contribution in [3.05, 3.63) is 54.2 Å². The summed E-state index contributed by atoms with van der Waals surface area (Å²) in [6.45, 7) is -0.186. The van der Waals surface area contributed by atoms with Crippen molar-refractivity contribution in [3.8, 4) is 5.75 Å². The normalized spacial score (nSPS) is 16.7. The summed E-state index contributed by atoms with van der Waals surface area (Å²) in [5.74, 6) is -2.23. The zero-order valence-electron chi connectivity index (χ0n) is 16.5. The molecule has 1 fully saturated rings. The lowest BCUT2D eigenvalue weighted by atomic mass is 9.93. The number of benzene rings is 2. The maximum absolute atomic E-state index is 12.5. The molecule has 32 heavy (non-hydrogen) atoms. The Morgan fingerprint density at radius 1 is 1.16 bits per heavy atom. The standard InChI is InChI=1S/C21H17F3N4O4/c22-21(23,24)32-13-7-5-12(6-8-13)25-18(30)11-28-16-4-2-1-3-14(16)19(27-28)15-9-10-17(29)26-20(15)31/h1-8,15H,9-11H2,(H,25,30)(H,26,29,31). The second-order valence-electron chi connectivity index (χ2n) is 7.18. The van der Waals surface area contributed by atoms with Gasteiger partial charge in [-0.2, -0.15) is 5.10 Å². The maximum atomic E-state index is 12.5. The van der Waals surface area contributed by atoms with Gasteiger partial charge in [0.25, 0.3) is 0 Å². The van der Waals surface area contributed by atoms with E-state index in [0.717, 1.165) is 12.1 Å².